The van der Waals surface area contributed by atoms with Crippen molar-refractivity contribution in [2.45, 2.75) is 31.7 Å². The Hall–Kier alpha value is -5.46. The van der Waals surface area contributed by atoms with Crippen LogP contribution >= 0.6 is 0 Å². The number of amides is 2. The van der Waals surface area contributed by atoms with Crippen molar-refractivity contribution in [2.75, 3.05) is 23.9 Å². The van der Waals surface area contributed by atoms with E-state index < -0.39 is 29.8 Å². The molecule has 41 heavy (non-hydrogen) atoms. The third-order valence-electron chi connectivity index (χ3n) is 6.40. The first-order valence-corrected chi connectivity index (χ1v) is 12.6. The SMILES string of the molecule is COC(=O)[C@H](CCC(=O)Nc1cccc(C(=O)O)c1)NC(=O)c1ccc(CCc2c[nH]c3nc(N)nc(N)c23)cc1. The maximum Gasteiger partial charge on any atom is 0.335 e. The highest BCUT2D eigenvalue weighted by molar-refractivity contribution is 5.97. The fourth-order valence-corrected chi connectivity index (χ4v) is 4.31. The number of H-pyrrole nitrogens is 1. The normalized spacial score (nSPS) is 11.5. The number of nitrogens with zero attached hydrogens (tertiary/aromatic N) is 2. The summed E-state index contributed by atoms with van der Waals surface area (Å²) in [7, 11) is 1.19. The predicted molar refractivity (Wildman–Crippen MR) is 151 cm³/mol. The molecule has 0 aliphatic heterocycles. The van der Waals surface area contributed by atoms with Gasteiger partial charge in [-0.25, -0.2) is 9.59 Å². The number of carboxylic acids is 1. The molecule has 4 aromatic rings. The van der Waals surface area contributed by atoms with E-state index in [1.54, 1.807) is 18.2 Å². The fourth-order valence-electron chi connectivity index (χ4n) is 4.31. The van der Waals surface area contributed by atoms with E-state index in [1.807, 2.05) is 18.3 Å². The number of esters is 1. The van der Waals surface area contributed by atoms with Gasteiger partial charge in [0.15, 0.2) is 0 Å². The zero-order valence-electron chi connectivity index (χ0n) is 22.1. The Labute approximate surface area is 234 Å². The molecule has 2 heterocycles. The second-order valence-electron chi connectivity index (χ2n) is 9.22. The van der Waals surface area contributed by atoms with Crippen LogP contribution in [0.3, 0.4) is 0 Å². The van der Waals surface area contributed by atoms with Gasteiger partial charge in [0.05, 0.1) is 18.1 Å². The predicted octanol–water partition coefficient (Wildman–Crippen LogP) is 2.30. The summed E-state index contributed by atoms with van der Waals surface area (Å²) in [6.07, 6.45) is 2.98. The van der Waals surface area contributed by atoms with E-state index in [2.05, 4.69) is 25.6 Å². The van der Waals surface area contributed by atoms with Crippen LogP contribution in [-0.4, -0.2) is 57.0 Å². The summed E-state index contributed by atoms with van der Waals surface area (Å²) in [6.45, 7) is 0. The van der Waals surface area contributed by atoms with Crippen LogP contribution in [0.25, 0.3) is 11.0 Å². The number of rotatable bonds is 11. The molecule has 2 amide bonds. The molecule has 0 saturated carbocycles. The first-order chi connectivity index (χ1) is 19.6. The minimum Gasteiger partial charge on any atom is -0.478 e. The van der Waals surface area contributed by atoms with E-state index in [0.29, 0.717) is 35.6 Å². The van der Waals surface area contributed by atoms with E-state index in [4.69, 9.17) is 21.3 Å². The maximum atomic E-state index is 12.9. The van der Waals surface area contributed by atoms with E-state index in [1.165, 1.54) is 25.3 Å². The fraction of sp³-hybridized carbons (Fsp3) is 0.214. The van der Waals surface area contributed by atoms with Gasteiger partial charge in [-0.15, -0.1) is 0 Å². The highest BCUT2D eigenvalue weighted by Crippen LogP contribution is 2.24. The zero-order chi connectivity index (χ0) is 29.5. The first-order valence-electron chi connectivity index (χ1n) is 12.6. The molecule has 2 aromatic carbocycles. The Bertz CT molecular complexity index is 1600. The van der Waals surface area contributed by atoms with Crippen molar-refractivity contribution in [3.05, 3.63) is 77.0 Å². The van der Waals surface area contributed by atoms with Crippen LogP contribution in [-0.2, 0) is 27.2 Å². The van der Waals surface area contributed by atoms with Gasteiger partial charge in [0.25, 0.3) is 5.91 Å². The van der Waals surface area contributed by atoms with Gasteiger partial charge in [-0.05, 0) is 60.7 Å². The number of carbonyl (C=O) groups is 4. The molecule has 0 fully saturated rings. The standard InChI is InChI=1S/C28H29N7O6/c1-41-27(40)20(11-12-21(36)32-19-4-2-3-17(13-19)26(38)39)33-25(37)16-8-5-15(6-9-16)7-10-18-14-31-24-22(18)23(29)34-28(30)35-24/h2-6,8-9,13-14,20H,7,10-12H2,1H3,(H,32,36)(H,33,37)(H,38,39)(H5,29,30,31,34,35)/t20-/m0/s1. The molecule has 212 valence electrons. The molecule has 0 spiro atoms. The van der Waals surface area contributed by atoms with Gasteiger partial charge < -0.3 is 36.9 Å². The lowest BCUT2D eigenvalue weighted by Crippen LogP contribution is -2.42. The van der Waals surface area contributed by atoms with Crippen molar-refractivity contribution in [1.82, 2.24) is 20.3 Å². The van der Waals surface area contributed by atoms with Gasteiger partial charge in [-0.3, -0.25) is 9.59 Å². The average Bonchev–Trinajstić information content (AvgIpc) is 3.37. The van der Waals surface area contributed by atoms with Crippen LogP contribution in [0.2, 0.25) is 0 Å². The van der Waals surface area contributed by atoms with Crippen LogP contribution in [0.1, 0.15) is 44.7 Å². The van der Waals surface area contributed by atoms with E-state index in [-0.39, 0.29) is 24.4 Å². The summed E-state index contributed by atoms with van der Waals surface area (Å²) in [5.41, 5.74) is 14.8. The quantitative estimate of drug-likeness (QED) is 0.147. The smallest absolute Gasteiger partial charge is 0.335 e. The highest BCUT2D eigenvalue weighted by atomic mass is 16.5. The molecule has 0 bridgehead atoms. The molecule has 0 radical (unpaired) electrons. The number of nitrogens with one attached hydrogen (secondary N) is 3. The maximum absolute atomic E-state index is 12.9. The van der Waals surface area contributed by atoms with Crippen molar-refractivity contribution in [3.63, 3.8) is 0 Å². The molecule has 0 aliphatic carbocycles. The molecule has 0 aliphatic rings. The molecule has 8 N–H and O–H groups in total. The number of nitrogen functional groups attached to an aromatic ring is 2. The number of anilines is 3. The number of benzene rings is 2. The number of aromatic amines is 1. The molecule has 13 nitrogen and oxygen atoms in total. The van der Waals surface area contributed by atoms with E-state index in [9.17, 15) is 19.2 Å². The van der Waals surface area contributed by atoms with Crippen molar-refractivity contribution < 1.29 is 29.0 Å². The number of carbonyl (C=O) groups excluding carboxylic acids is 3. The monoisotopic (exact) mass is 559 g/mol. The summed E-state index contributed by atoms with van der Waals surface area (Å²) in [5, 5.41) is 15.0. The summed E-state index contributed by atoms with van der Waals surface area (Å²) < 4.78 is 4.80. The van der Waals surface area contributed by atoms with Crippen LogP contribution in [0.5, 0.6) is 0 Å². The van der Waals surface area contributed by atoms with Crippen molar-refractivity contribution in [2.24, 2.45) is 0 Å². The zero-order valence-corrected chi connectivity index (χ0v) is 22.1. The molecule has 13 heteroatoms. The van der Waals surface area contributed by atoms with E-state index >= 15 is 0 Å². The average molecular weight is 560 g/mol. The van der Waals surface area contributed by atoms with Crippen molar-refractivity contribution >= 4 is 52.2 Å². The van der Waals surface area contributed by atoms with Gasteiger partial charge >= 0.3 is 11.9 Å². The number of fused-ring (bicyclic) bond motifs is 1. The molecule has 1 atom stereocenters. The lowest BCUT2D eigenvalue weighted by Gasteiger charge is -2.16. The van der Waals surface area contributed by atoms with Gasteiger partial charge in [0.2, 0.25) is 11.9 Å². The highest BCUT2D eigenvalue weighted by Gasteiger charge is 2.23. The van der Waals surface area contributed by atoms with Gasteiger partial charge in [-0.2, -0.15) is 9.97 Å². The Kier molecular flexibility index (Phi) is 8.77. The number of ether oxygens (including phenoxy) is 1. The number of aromatic nitrogens is 3. The minimum atomic E-state index is -1.12. The summed E-state index contributed by atoms with van der Waals surface area (Å²) >= 11 is 0. The Morgan fingerprint density at radius 3 is 2.49 bits per heavy atom. The molecule has 2 aromatic heterocycles. The van der Waals surface area contributed by atoms with Crippen LogP contribution in [0.4, 0.5) is 17.5 Å². The molecule has 0 saturated heterocycles. The van der Waals surface area contributed by atoms with Gasteiger partial charge in [-0.1, -0.05) is 18.2 Å². The van der Waals surface area contributed by atoms with Gasteiger partial charge in [0, 0.05) is 23.9 Å². The number of nitrogens with two attached hydrogens (primary N) is 2. The number of carboxylic acid groups (broad SMARTS) is 1. The summed E-state index contributed by atoms with van der Waals surface area (Å²) in [6, 6.07) is 11.6. The largest absolute Gasteiger partial charge is 0.478 e. The molecular weight excluding hydrogens is 530 g/mol. The Balaban J connectivity index is 1.33. The lowest BCUT2D eigenvalue weighted by atomic mass is 10.0. The van der Waals surface area contributed by atoms with Crippen LogP contribution in [0.15, 0.2) is 54.7 Å². The summed E-state index contributed by atoms with van der Waals surface area (Å²) in [4.78, 5) is 59.9. The second-order valence-corrected chi connectivity index (χ2v) is 9.22. The lowest BCUT2D eigenvalue weighted by molar-refractivity contribution is -0.143. The number of hydrogen-bond donors (Lipinski definition) is 6. The van der Waals surface area contributed by atoms with Gasteiger partial charge in [0.1, 0.15) is 17.5 Å². The van der Waals surface area contributed by atoms with Crippen molar-refractivity contribution in [1.29, 1.82) is 0 Å². The molecule has 4 rings (SSSR count). The third kappa shape index (κ3) is 7.15. The Morgan fingerprint density at radius 1 is 1.02 bits per heavy atom. The Morgan fingerprint density at radius 2 is 1.78 bits per heavy atom. The molecular formula is C28H29N7O6. The number of hydrogen-bond acceptors (Lipinski definition) is 9. The van der Waals surface area contributed by atoms with Crippen LogP contribution in [0, 0.1) is 0 Å². The second kappa shape index (κ2) is 12.6. The van der Waals surface area contributed by atoms with Crippen molar-refractivity contribution in [3.8, 4) is 0 Å². The number of aromatic carboxylic acids is 1. The number of methoxy groups -OCH3 is 1. The number of aryl methyl sites for hydroxylation is 2. The molecule has 0 unspecified atom stereocenters. The van der Waals surface area contributed by atoms with Crippen LogP contribution < -0.4 is 22.1 Å². The third-order valence-corrected chi connectivity index (χ3v) is 6.40. The first kappa shape index (κ1) is 28.5. The van der Waals surface area contributed by atoms with E-state index in [0.717, 1.165) is 16.5 Å². The minimum absolute atomic E-state index is 0.0237. The topological polar surface area (TPSA) is 215 Å². The summed E-state index contributed by atoms with van der Waals surface area (Å²) in [5.74, 6) is -2.37.